The van der Waals surface area contributed by atoms with Gasteiger partial charge in [-0.05, 0) is 49.5 Å². The highest BCUT2D eigenvalue weighted by molar-refractivity contribution is 7.80. The summed E-state index contributed by atoms with van der Waals surface area (Å²) in [5.41, 5.74) is 0.963. The number of anilines is 1. The van der Waals surface area contributed by atoms with Crippen LogP contribution < -0.4 is 15.4 Å². The van der Waals surface area contributed by atoms with Gasteiger partial charge in [0.25, 0.3) is 5.91 Å². The first-order chi connectivity index (χ1) is 11.0. The zero-order valence-electron chi connectivity index (χ0n) is 12.2. The minimum absolute atomic E-state index is 0.126. The molecule has 120 valence electrons. The molecule has 0 aliphatic heterocycles. The second kappa shape index (κ2) is 8.15. The van der Waals surface area contributed by atoms with Crippen LogP contribution in [-0.4, -0.2) is 17.6 Å². The Morgan fingerprint density at radius 1 is 1.22 bits per heavy atom. The highest BCUT2D eigenvalue weighted by atomic mass is 35.5. The van der Waals surface area contributed by atoms with Gasteiger partial charge in [0, 0.05) is 5.56 Å². The number of benzene rings is 2. The SMILES string of the molecule is CCOc1cccc(C(=O)NC(=S)Nc2cccc(Cl)c2Cl)c1. The molecule has 23 heavy (non-hydrogen) atoms. The second-order valence-corrected chi connectivity index (χ2v) is 5.66. The number of carbonyl (C=O) groups is 1. The van der Waals surface area contributed by atoms with E-state index >= 15 is 0 Å². The molecule has 0 atom stereocenters. The molecule has 1 amide bonds. The van der Waals surface area contributed by atoms with E-state index in [9.17, 15) is 4.79 Å². The van der Waals surface area contributed by atoms with Gasteiger partial charge in [-0.3, -0.25) is 10.1 Å². The van der Waals surface area contributed by atoms with Gasteiger partial charge in [0.15, 0.2) is 5.11 Å². The molecule has 0 saturated carbocycles. The van der Waals surface area contributed by atoms with Crippen LogP contribution in [0.3, 0.4) is 0 Å². The maximum Gasteiger partial charge on any atom is 0.257 e. The topological polar surface area (TPSA) is 50.4 Å². The third-order valence-electron chi connectivity index (χ3n) is 2.83. The van der Waals surface area contributed by atoms with Gasteiger partial charge < -0.3 is 10.1 Å². The highest BCUT2D eigenvalue weighted by Gasteiger charge is 2.11. The molecule has 0 bridgehead atoms. The Morgan fingerprint density at radius 3 is 2.70 bits per heavy atom. The molecule has 2 aromatic carbocycles. The van der Waals surface area contributed by atoms with E-state index in [1.165, 1.54) is 0 Å². The maximum absolute atomic E-state index is 12.2. The van der Waals surface area contributed by atoms with Crippen molar-refractivity contribution in [2.24, 2.45) is 0 Å². The van der Waals surface area contributed by atoms with E-state index < -0.39 is 0 Å². The van der Waals surface area contributed by atoms with Crippen molar-refractivity contribution in [3.05, 3.63) is 58.1 Å². The molecule has 0 aliphatic carbocycles. The Balaban J connectivity index is 2.03. The normalized spacial score (nSPS) is 10.0. The van der Waals surface area contributed by atoms with Crippen LogP contribution in [0.4, 0.5) is 5.69 Å². The summed E-state index contributed by atoms with van der Waals surface area (Å²) in [6.07, 6.45) is 0. The van der Waals surface area contributed by atoms with Gasteiger partial charge in [-0.15, -0.1) is 0 Å². The minimum atomic E-state index is -0.345. The number of carbonyl (C=O) groups excluding carboxylic acids is 1. The van der Waals surface area contributed by atoms with E-state index in [2.05, 4.69) is 10.6 Å². The van der Waals surface area contributed by atoms with E-state index in [0.717, 1.165) is 0 Å². The number of hydrogen-bond donors (Lipinski definition) is 2. The number of rotatable bonds is 4. The van der Waals surface area contributed by atoms with Gasteiger partial charge in [-0.25, -0.2) is 0 Å². The molecule has 0 unspecified atom stereocenters. The summed E-state index contributed by atoms with van der Waals surface area (Å²) >= 11 is 17.1. The summed E-state index contributed by atoms with van der Waals surface area (Å²) < 4.78 is 5.37. The standard InChI is InChI=1S/C16H14Cl2N2O2S/c1-2-22-11-6-3-5-10(9-11)15(21)20-16(23)19-13-8-4-7-12(17)14(13)18/h3-9H,2H2,1H3,(H2,19,20,21,23). The summed E-state index contributed by atoms with van der Waals surface area (Å²) in [7, 11) is 0. The smallest absolute Gasteiger partial charge is 0.257 e. The number of thiocarbonyl (C=S) groups is 1. The molecule has 0 saturated heterocycles. The average Bonchev–Trinajstić information content (AvgIpc) is 2.52. The monoisotopic (exact) mass is 368 g/mol. The third-order valence-corrected chi connectivity index (χ3v) is 3.86. The van der Waals surface area contributed by atoms with Crippen LogP contribution in [0.5, 0.6) is 5.75 Å². The first-order valence-corrected chi connectivity index (χ1v) is 7.97. The molecule has 0 spiro atoms. The molecule has 7 heteroatoms. The van der Waals surface area contributed by atoms with Crippen molar-refractivity contribution in [3.63, 3.8) is 0 Å². The number of ether oxygens (including phenoxy) is 1. The summed E-state index contributed by atoms with van der Waals surface area (Å²) in [4.78, 5) is 12.2. The lowest BCUT2D eigenvalue weighted by Crippen LogP contribution is -2.34. The molecule has 0 radical (unpaired) electrons. The fraction of sp³-hybridized carbons (Fsp3) is 0.125. The van der Waals surface area contributed by atoms with Gasteiger partial charge >= 0.3 is 0 Å². The van der Waals surface area contributed by atoms with Crippen LogP contribution in [0, 0.1) is 0 Å². The molecule has 0 fully saturated rings. The van der Waals surface area contributed by atoms with E-state index in [1.807, 2.05) is 6.92 Å². The number of amides is 1. The molecule has 2 rings (SSSR count). The van der Waals surface area contributed by atoms with Crippen molar-refractivity contribution in [2.45, 2.75) is 6.92 Å². The molecule has 2 N–H and O–H groups in total. The first-order valence-electron chi connectivity index (χ1n) is 6.80. The van der Waals surface area contributed by atoms with Crippen LogP contribution in [0.1, 0.15) is 17.3 Å². The zero-order chi connectivity index (χ0) is 16.8. The largest absolute Gasteiger partial charge is 0.494 e. The van der Waals surface area contributed by atoms with Gasteiger partial charge in [0.1, 0.15) is 5.75 Å². The summed E-state index contributed by atoms with van der Waals surface area (Å²) in [6.45, 7) is 2.40. The van der Waals surface area contributed by atoms with Crippen LogP contribution in [0.2, 0.25) is 10.0 Å². The van der Waals surface area contributed by atoms with Gasteiger partial charge in [-0.1, -0.05) is 35.3 Å². The fourth-order valence-electron chi connectivity index (χ4n) is 1.82. The lowest BCUT2D eigenvalue weighted by molar-refractivity contribution is 0.0977. The molecule has 2 aromatic rings. The molecule has 4 nitrogen and oxygen atoms in total. The Morgan fingerprint density at radius 2 is 1.96 bits per heavy atom. The fourth-order valence-corrected chi connectivity index (χ4v) is 2.37. The molecule has 0 aromatic heterocycles. The van der Waals surface area contributed by atoms with E-state index in [-0.39, 0.29) is 11.0 Å². The third kappa shape index (κ3) is 4.82. The van der Waals surface area contributed by atoms with E-state index in [4.69, 9.17) is 40.2 Å². The summed E-state index contributed by atoms with van der Waals surface area (Å²) in [5, 5.41) is 6.29. The van der Waals surface area contributed by atoms with Gasteiger partial charge in [0.2, 0.25) is 0 Å². The number of hydrogen-bond acceptors (Lipinski definition) is 3. The summed E-state index contributed by atoms with van der Waals surface area (Å²) in [6, 6.07) is 11.9. The van der Waals surface area contributed by atoms with Crippen molar-refractivity contribution in [1.82, 2.24) is 5.32 Å². The number of nitrogens with one attached hydrogen (secondary N) is 2. The lowest BCUT2D eigenvalue weighted by Gasteiger charge is -2.12. The highest BCUT2D eigenvalue weighted by Crippen LogP contribution is 2.29. The van der Waals surface area contributed by atoms with E-state index in [1.54, 1.807) is 42.5 Å². The quantitative estimate of drug-likeness (QED) is 0.779. The molecule has 0 aliphatic rings. The van der Waals surface area contributed by atoms with Crippen molar-refractivity contribution in [1.29, 1.82) is 0 Å². The van der Waals surface area contributed by atoms with Gasteiger partial charge in [-0.2, -0.15) is 0 Å². The predicted octanol–water partition coefficient (Wildman–Crippen LogP) is 4.52. The van der Waals surface area contributed by atoms with Crippen LogP contribution in [0.25, 0.3) is 0 Å². The first kappa shape index (κ1) is 17.5. The average molecular weight is 369 g/mol. The van der Waals surface area contributed by atoms with Gasteiger partial charge in [0.05, 0.1) is 22.3 Å². The van der Waals surface area contributed by atoms with Crippen molar-refractivity contribution < 1.29 is 9.53 Å². The Hall–Kier alpha value is -1.82. The van der Waals surface area contributed by atoms with Crippen LogP contribution >= 0.6 is 35.4 Å². The summed E-state index contributed by atoms with van der Waals surface area (Å²) in [5.74, 6) is 0.277. The Kier molecular flexibility index (Phi) is 6.21. The lowest BCUT2D eigenvalue weighted by atomic mass is 10.2. The molecule has 0 heterocycles. The van der Waals surface area contributed by atoms with Crippen molar-refractivity contribution in [3.8, 4) is 5.75 Å². The number of halogens is 2. The van der Waals surface area contributed by atoms with Crippen LogP contribution in [0.15, 0.2) is 42.5 Å². The molecular formula is C16H14Cl2N2O2S. The minimum Gasteiger partial charge on any atom is -0.494 e. The van der Waals surface area contributed by atoms with Crippen LogP contribution in [-0.2, 0) is 0 Å². The van der Waals surface area contributed by atoms with Crippen molar-refractivity contribution >= 4 is 52.1 Å². The molecular weight excluding hydrogens is 355 g/mol. The van der Waals surface area contributed by atoms with E-state index in [0.29, 0.717) is 33.7 Å². The zero-order valence-corrected chi connectivity index (χ0v) is 14.6. The maximum atomic E-state index is 12.2. The van der Waals surface area contributed by atoms with Crippen molar-refractivity contribution in [2.75, 3.05) is 11.9 Å². The Bertz CT molecular complexity index is 738. The Labute approximate surface area is 149 Å². The second-order valence-electron chi connectivity index (χ2n) is 4.47. The predicted molar refractivity (Wildman–Crippen MR) is 97.8 cm³/mol.